The zero-order valence-electron chi connectivity index (χ0n) is 17.5. The van der Waals surface area contributed by atoms with Gasteiger partial charge in [0.1, 0.15) is 6.33 Å². The van der Waals surface area contributed by atoms with E-state index in [0.29, 0.717) is 5.56 Å². The lowest BCUT2D eigenvalue weighted by Gasteiger charge is -2.32. The smallest absolute Gasteiger partial charge is 0.185 e. The van der Waals surface area contributed by atoms with Crippen LogP contribution in [-0.2, 0) is 6.54 Å². The van der Waals surface area contributed by atoms with E-state index in [0.717, 1.165) is 60.8 Å². The first-order chi connectivity index (χ1) is 15.7. The molecule has 4 aromatic rings. The van der Waals surface area contributed by atoms with Crippen LogP contribution in [0.25, 0.3) is 28.3 Å². The normalized spacial score (nSPS) is 15.4. The van der Waals surface area contributed by atoms with Gasteiger partial charge in [0.2, 0.25) is 0 Å². The first-order valence-electron chi connectivity index (χ1n) is 10.9. The van der Waals surface area contributed by atoms with E-state index in [2.05, 4.69) is 60.8 Å². The molecule has 0 atom stereocenters. The van der Waals surface area contributed by atoms with Gasteiger partial charge in [-0.3, -0.25) is 4.57 Å². The first-order valence-corrected chi connectivity index (χ1v) is 10.9. The van der Waals surface area contributed by atoms with Crippen molar-refractivity contribution < 1.29 is 5.11 Å². The molecule has 1 fully saturated rings. The summed E-state index contributed by atoms with van der Waals surface area (Å²) in [7, 11) is 0. The molecule has 1 N–H and O–H groups in total. The molecular formula is C25H22N6O. The number of aromatic nitrogens is 4. The molecule has 2 aliphatic rings. The van der Waals surface area contributed by atoms with Crippen molar-refractivity contribution in [2.45, 2.75) is 25.5 Å². The fourth-order valence-electron chi connectivity index (χ4n) is 4.75. The highest BCUT2D eigenvalue weighted by Gasteiger charge is 2.24. The van der Waals surface area contributed by atoms with Crippen LogP contribution >= 0.6 is 0 Å². The maximum atomic E-state index is 9.86. The fourth-order valence-corrected chi connectivity index (χ4v) is 4.75. The zero-order valence-corrected chi connectivity index (χ0v) is 17.5. The molecule has 158 valence electrons. The van der Waals surface area contributed by atoms with E-state index in [1.807, 2.05) is 24.3 Å². The summed E-state index contributed by atoms with van der Waals surface area (Å²) in [6.45, 7) is 2.47. The van der Waals surface area contributed by atoms with Crippen LogP contribution in [-0.4, -0.2) is 43.6 Å². The summed E-state index contributed by atoms with van der Waals surface area (Å²) in [5.74, 6) is 0.817. The number of piperidine rings is 1. The summed E-state index contributed by atoms with van der Waals surface area (Å²) in [5, 5.41) is 27.6. The van der Waals surface area contributed by atoms with Crippen molar-refractivity contribution in [2.24, 2.45) is 0 Å². The monoisotopic (exact) mass is 422 g/mol. The number of nitriles is 1. The molecule has 0 bridgehead atoms. The predicted molar refractivity (Wildman–Crippen MR) is 121 cm³/mol. The first kappa shape index (κ1) is 18.8. The zero-order chi connectivity index (χ0) is 21.7. The van der Waals surface area contributed by atoms with Crippen LogP contribution in [0.3, 0.4) is 0 Å². The Hall–Kier alpha value is -3.89. The Balaban J connectivity index is 1.41. The predicted octanol–water partition coefficient (Wildman–Crippen LogP) is 3.60. The Morgan fingerprint density at radius 2 is 1.81 bits per heavy atom. The van der Waals surface area contributed by atoms with Crippen molar-refractivity contribution in [3.8, 4) is 34.4 Å². The summed E-state index contributed by atoms with van der Waals surface area (Å²) >= 11 is 0. The number of nitrogens with zero attached hydrogens (tertiary/aromatic N) is 6. The van der Waals surface area contributed by atoms with E-state index in [1.165, 1.54) is 11.3 Å². The van der Waals surface area contributed by atoms with Crippen LogP contribution in [0.2, 0.25) is 0 Å². The minimum atomic E-state index is -0.185. The molecule has 0 spiro atoms. The standard InChI is InChI=1S/C25H22N6O/c26-13-17-1-3-18(4-2-17)19-12-24-25-28-27-16-31(25)23-6-5-21(11-20(23)15-30(24)14-19)29-9-7-22(32)8-10-29/h1-6,11-12,14,16,22,32H,7-10,15H2. The van der Waals surface area contributed by atoms with Crippen molar-refractivity contribution >= 4 is 5.69 Å². The number of anilines is 1. The largest absolute Gasteiger partial charge is 0.393 e. The molecular weight excluding hydrogens is 400 g/mol. The summed E-state index contributed by atoms with van der Waals surface area (Å²) in [4.78, 5) is 2.35. The Morgan fingerprint density at radius 1 is 1.00 bits per heavy atom. The van der Waals surface area contributed by atoms with Gasteiger partial charge in [-0.2, -0.15) is 5.26 Å². The number of fused-ring (bicyclic) bond motifs is 5. The van der Waals surface area contributed by atoms with E-state index in [-0.39, 0.29) is 6.10 Å². The number of aliphatic hydroxyl groups is 1. The second kappa shape index (κ2) is 7.36. The lowest BCUT2D eigenvalue weighted by Crippen LogP contribution is -2.35. The quantitative estimate of drug-likeness (QED) is 0.470. The molecule has 6 rings (SSSR count). The number of rotatable bonds is 2. The summed E-state index contributed by atoms with van der Waals surface area (Å²) < 4.78 is 4.28. The highest BCUT2D eigenvalue weighted by atomic mass is 16.3. The van der Waals surface area contributed by atoms with Crippen molar-refractivity contribution in [3.05, 3.63) is 72.2 Å². The topological polar surface area (TPSA) is 82.9 Å². The molecule has 32 heavy (non-hydrogen) atoms. The van der Waals surface area contributed by atoms with Gasteiger partial charge in [-0.1, -0.05) is 12.1 Å². The number of hydrogen-bond donors (Lipinski definition) is 1. The Bertz CT molecular complexity index is 1340. The average molecular weight is 422 g/mol. The second-order valence-corrected chi connectivity index (χ2v) is 8.49. The molecule has 0 radical (unpaired) electrons. The van der Waals surface area contributed by atoms with Crippen molar-refractivity contribution in [3.63, 3.8) is 0 Å². The van der Waals surface area contributed by atoms with Crippen molar-refractivity contribution in [1.29, 1.82) is 5.26 Å². The molecule has 0 saturated carbocycles. The summed E-state index contributed by atoms with van der Waals surface area (Å²) in [5.41, 5.74) is 7.31. The lowest BCUT2D eigenvalue weighted by molar-refractivity contribution is 0.145. The Morgan fingerprint density at radius 3 is 2.59 bits per heavy atom. The number of benzene rings is 2. The fraction of sp³-hybridized carbons (Fsp3) is 0.240. The average Bonchev–Trinajstić information content (AvgIpc) is 3.45. The number of hydrogen-bond acceptors (Lipinski definition) is 5. The van der Waals surface area contributed by atoms with Gasteiger partial charge in [0, 0.05) is 37.1 Å². The van der Waals surface area contributed by atoms with Gasteiger partial charge >= 0.3 is 0 Å². The third-order valence-electron chi connectivity index (χ3n) is 6.51. The van der Waals surface area contributed by atoms with E-state index in [4.69, 9.17) is 5.26 Å². The van der Waals surface area contributed by atoms with Gasteiger partial charge in [0.25, 0.3) is 0 Å². The molecule has 0 aliphatic carbocycles. The summed E-state index contributed by atoms with van der Waals surface area (Å²) in [6, 6.07) is 18.5. The highest BCUT2D eigenvalue weighted by molar-refractivity contribution is 5.72. The molecule has 2 aromatic heterocycles. The molecule has 7 heteroatoms. The van der Waals surface area contributed by atoms with Gasteiger partial charge in [-0.05, 0) is 60.4 Å². The maximum absolute atomic E-state index is 9.86. The van der Waals surface area contributed by atoms with Gasteiger partial charge < -0.3 is 14.6 Å². The van der Waals surface area contributed by atoms with Gasteiger partial charge in [0.15, 0.2) is 5.82 Å². The molecule has 0 amide bonds. The van der Waals surface area contributed by atoms with E-state index in [9.17, 15) is 5.11 Å². The second-order valence-electron chi connectivity index (χ2n) is 8.49. The van der Waals surface area contributed by atoms with E-state index < -0.39 is 0 Å². The summed E-state index contributed by atoms with van der Waals surface area (Å²) in [6.07, 6.45) is 5.35. The van der Waals surface area contributed by atoms with E-state index >= 15 is 0 Å². The highest BCUT2D eigenvalue weighted by Crippen LogP contribution is 2.35. The Kier molecular flexibility index (Phi) is 4.33. The van der Waals surface area contributed by atoms with Gasteiger partial charge in [0.05, 0.1) is 29.1 Å². The maximum Gasteiger partial charge on any atom is 0.185 e. The Labute approximate surface area is 185 Å². The van der Waals surface area contributed by atoms with E-state index in [1.54, 1.807) is 6.33 Å². The van der Waals surface area contributed by atoms with Gasteiger partial charge in [-0.15, -0.1) is 10.2 Å². The molecule has 0 unspecified atom stereocenters. The molecule has 4 heterocycles. The molecule has 1 saturated heterocycles. The van der Waals surface area contributed by atoms with Crippen LogP contribution in [0, 0.1) is 11.3 Å². The van der Waals surface area contributed by atoms with Crippen LogP contribution in [0.1, 0.15) is 24.0 Å². The van der Waals surface area contributed by atoms with Crippen LogP contribution in [0.15, 0.2) is 61.1 Å². The lowest BCUT2D eigenvalue weighted by atomic mass is 10.1. The van der Waals surface area contributed by atoms with Crippen LogP contribution in [0.5, 0.6) is 0 Å². The van der Waals surface area contributed by atoms with Crippen molar-refractivity contribution in [1.82, 2.24) is 19.3 Å². The van der Waals surface area contributed by atoms with Crippen molar-refractivity contribution in [2.75, 3.05) is 18.0 Å². The third-order valence-corrected chi connectivity index (χ3v) is 6.51. The SMILES string of the molecule is N#Cc1ccc(-c2cc3n(c2)Cc2cc(N4CCC(O)CC4)ccc2-n2cnnc2-3)cc1. The minimum absolute atomic E-state index is 0.185. The number of aliphatic hydroxyl groups excluding tert-OH is 1. The van der Waals surface area contributed by atoms with Crippen LogP contribution in [0.4, 0.5) is 5.69 Å². The molecule has 2 aliphatic heterocycles. The van der Waals surface area contributed by atoms with Gasteiger partial charge in [-0.25, -0.2) is 0 Å². The van der Waals surface area contributed by atoms with Crippen LogP contribution < -0.4 is 4.90 Å². The molecule has 2 aromatic carbocycles. The molecule has 7 nitrogen and oxygen atoms in total. The minimum Gasteiger partial charge on any atom is -0.393 e. The third kappa shape index (κ3) is 3.08.